The summed E-state index contributed by atoms with van der Waals surface area (Å²) in [6.45, 7) is 1.06. The van der Waals surface area contributed by atoms with Crippen molar-refractivity contribution in [2.24, 2.45) is 0 Å². The molecule has 3 aromatic rings. The molecule has 31 heavy (non-hydrogen) atoms. The topological polar surface area (TPSA) is 92.8 Å². The van der Waals surface area contributed by atoms with Crippen molar-refractivity contribution in [1.82, 2.24) is 13.8 Å². The molecule has 0 unspecified atom stereocenters. The molecule has 0 N–H and O–H groups in total. The van der Waals surface area contributed by atoms with E-state index in [1.165, 1.54) is 27.1 Å². The highest BCUT2D eigenvalue weighted by Gasteiger charge is 2.30. The van der Waals surface area contributed by atoms with E-state index >= 15 is 0 Å². The minimum atomic E-state index is -3.73. The van der Waals surface area contributed by atoms with Crippen LogP contribution in [0.5, 0.6) is 0 Å². The SMILES string of the molecule is O=C(CCn1c(=O)oc2ccccc21)N1CCN(S(=O)(=O)c2ccc(Cl)c(Cl)c2)CC1. The molecule has 2 aromatic carbocycles. The molecule has 1 amide bonds. The number of nitrogens with zero attached hydrogens (tertiary/aromatic N) is 3. The van der Waals surface area contributed by atoms with Crippen LogP contribution in [0, 0.1) is 0 Å². The number of para-hydroxylation sites is 2. The number of fused-ring (bicyclic) bond motifs is 1. The van der Waals surface area contributed by atoms with E-state index in [0.29, 0.717) is 11.1 Å². The monoisotopic (exact) mass is 483 g/mol. The lowest BCUT2D eigenvalue weighted by Gasteiger charge is -2.34. The van der Waals surface area contributed by atoms with E-state index in [1.807, 2.05) is 0 Å². The standard InChI is InChI=1S/C20H19Cl2N3O5S/c21-15-6-5-14(13-16(15)22)31(28,29)24-11-9-23(10-12-24)19(26)7-8-25-17-3-1-2-4-18(17)30-20(25)27/h1-6,13H,7-12H2. The molecule has 0 bridgehead atoms. The Bertz CT molecular complexity index is 1290. The number of carbonyl (C=O) groups is 1. The molecule has 4 rings (SSSR count). The Kier molecular flexibility index (Phi) is 6.11. The lowest BCUT2D eigenvalue weighted by molar-refractivity contribution is -0.132. The number of amides is 1. The molecule has 0 atom stereocenters. The fraction of sp³-hybridized carbons (Fsp3) is 0.300. The maximum atomic E-state index is 12.8. The van der Waals surface area contributed by atoms with Crippen molar-refractivity contribution in [2.75, 3.05) is 26.2 Å². The van der Waals surface area contributed by atoms with Crippen LogP contribution < -0.4 is 5.76 Å². The average molecular weight is 484 g/mol. The Morgan fingerprint density at radius 1 is 1.00 bits per heavy atom. The van der Waals surface area contributed by atoms with Crippen LogP contribution in [0.25, 0.3) is 11.1 Å². The van der Waals surface area contributed by atoms with Gasteiger partial charge < -0.3 is 9.32 Å². The molecule has 0 aliphatic carbocycles. The van der Waals surface area contributed by atoms with Gasteiger partial charge in [-0.15, -0.1) is 0 Å². The maximum absolute atomic E-state index is 12.8. The van der Waals surface area contributed by atoms with Crippen molar-refractivity contribution in [3.63, 3.8) is 0 Å². The van der Waals surface area contributed by atoms with Crippen LogP contribution in [-0.2, 0) is 21.4 Å². The molecule has 1 fully saturated rings. The minimum Gasteiger partial charge on any atom is -0.408 e. The summed E-state index contributed by atoms with van der Waals surface area (Å²) in [5.41, 5.74) is 1.11. The summed E-state index contributed by atoms with van der Waals surface area (Å²) in [7, 11) is -3.73. The fourth-order valence-corrected chi connectivity index (χ4v) is 5.37. The van der Waals surface area contributed by atoms with Gasteiger partial charge in [-0.3, -0.25) is 9.36 Å². The Hall–Kier alpha value is -2.33. The third kappa shape index (κ3) is 4.36. The number of rotatable bonds is 5. The number of carbonyl (C=O) groups excluding carboxylic acids is 1. The molecular weight excluding hydrogens is 465 g/mol. The first-order valence-electron chi connectivity index (χ1n) is 9.59. The molecular formula is C20H19Cl2N3O5S. The van der Waals surface area contributed by atoms with E-state index in [2.05, 4.69) is 0 Å². The van der Waals surface area contributed by atoms with Crippen molar-refractivity contribution in [3.8, 4) is 0 Å². The van der Waals surface area contributed by atoms with Gasteiger partial charge in [-0.05, 0) is 30.3 Å². The van der Waals surface area contributed by atoms with E-state index in [9.17, 15) is 18.0 Å². The number of sulfonamides is 1. The van der Waals surface area contributed by atoms with Gasteiger partial charge >= 0.3 is 5.76 Å². The predicted octanol–water partition coefficient (Wildman–Crippen LogP) is 2.82. The summed E-state index contributed by atoms with van der Waals surface area (Å²) in [4.78, 5) is 26.3. The summed E-state index contributed by atoms with van der Waals surface area (Å²) in [6, 6.07) is 11.2. The van der Waals surface area contributed by atoms with Gasteiger partial charge in [-0.2, -0.15) is 4.31 Å². The summed E-state index contributed by atoms with van der Waals surface area (Å²) in [5.74, 6) is -0.657. The highest BCUT2D eigenvalue weighted by atomic mass is 35.5. The number of hydrogen-bond donors (Lipinski definition) is 0. The fourth-order valence-electron chi connectivity index (χ4n) is 3.56. The van der Waals surface area contributed by atoms with E-state index < -0.39 is 15.8 Å². The Morgan fingerprint density at radius 2 is 1.71 bits per heavy atom. The summed E-state index contributed by atoms with van der Waals surface area (Å²) >= 11 is 11.8. The summed E-state index contributed by atoms with van der Waals surface area (Å²) in [5, 5.41) is 0.444. The second kappa shape index (κ2) is 8.66. The molecule has 0 saturated carbocycles. The number of aryl methyl sites for hydroxylation is 1. The second-order valence-corrected chi connectivity index (χ2v) is 9.85. The van der Waals surface area contributed by atoms with Gasteiger partial charge in [-0.25, -0.2) is 13.2 Å². The van der Waals surface area contributed by atoms with Crippen LogP contribution in [0.4, 0.5) is 0 Å². The van der Waals surface area contributed by atoms with Gasteiger partial charge in [0.15, 0.2) is 5.58 Å². The minimum absolute atomic E-state index is 0.0629. The van der Waals surface area contributed by atoms with Crippen molar-refractivity contribution < 1.29 is 17.6 Å². The lowest BCUT2D eigenvalue weighted by Crippen LogP contribution is -2.50. The van der Waals surface area contributed by atoms with Crippen LogP contribution >= 0.6 is 23.2 Å². The molecule has 0 spiro atoms. The van der Waals surface area contributed by atoms with Gasteiger partial charge in [-0.1, -0.05) is 35.3 Å². The Labute approximate surface area is 188 Å². The van der Waals surface area contributed by atoms with Crippen molar-refractivity contribution in [1.29, 1.82) is 0 Å². The van der Waals surface area contributed by atoms with Crippen molar-refractivity contribution >= 4 is 50.2 Å². The highest BCUT2D eigenvalue weighted by molar-refractivity contribution is 7.89. The molecule has 1 saturated heterocycles. The first-order chi connectivity index (χ1) is 14.8. The van der Waals surface area contributed by atoms with E-state index in [4.69, 9.17) is 27.6 Å². The Morgan fingerprint density at radius 3 is 2.42 bits per heavy atom. The number of halogens is 2. The molecule has 1 aliphatic rings. The van der Waals surface area contributed by atoms with E-state index in [1.54, 1.807) is 29.2 Å². The highest BCUT2D eigenvalue weighted by Crippen LogP contribution is 2.27. The Balaban J connectivity index is 1.38. The van der Waals surface area contributed by atoms with Crippen LogP contribution in [0.15, 0.2) is 56.6 Å². The van der Waals surface area contributed by atoms with E-state index in [0.717, 1.165) is 0 Å². The third-order valence-electron chi connectivity index (χ3n) is 5.24. The predicted molar refractivity (Wildman–Crippen MR) is 117 cm³/mol. The molecule has 8 nitrogen and oxygen atoms in total. The quantitative estimate of drug-likeness (QED) is 0.556. The first kappa shape index (κ1) is 21.9. The zero-order chi connectivity index (χ0) is 22.2. The van der Waals surface area contributed by atoms with Crippen molar-refractivity contribution in [2.45, 2.75) is 17.9 Å². The van der Waals surface area contributed by atoms with E-state index in [-0.39, 0.29) is 60.0 Å². The smallest absolute Gasteiger partial charge is 0.408 e. The third-order valence-corrected chi connectivity index (χ3v) is 7.88. The molecule has 1 aromatic heterocycles. The number of hydrogen-bond acceptors (Lipinski definition) is 5. The largest absolute Gasteiger partial charge is 0.419 e. The molecule has 1 aliphatic heterocycles. The second-order valence-electron chi connectivity index (χ2n) is 7.10. The van der Waals surface area contributed by atoms with Gasteiger partial charge in [0.1, 0.15) is 0 Å². The molecule has 0 radical (unpaired) electrons. The van der Waals surface area contributed by atoms with Gasteiger partial charge in [0.25, 0.3) is 0 Å². The maximum Gasteiger partial charge on any atom is 0.419 e. The van der Waals surface area contributed by atoms with Crippen LogP contribution in [-0.4, -0.2) is 54.3 Å². The summed E-state index contributed by atoms with van der Waals surface area (Å²) in [6.07, 6.45) is 0.114. The number of aromatic nitrogens is 1. The average Bonchev–Trinajstić information content (AvgIpc) is 3.08. The van der Waals surface area contributed by atoms with Gasteiger partial charge in [0, 0.05) is 39.1 Å². The first-order valence-corrected chi connectivity index (χ1v) is 11.8. The summed E-state index contributed by atoms with van der Waals surface area (Å²) < 4.78 is 33.6. The molecule has 11 heteroatoms. The zero-order valence-electron chi connectivity index (χ0n) is 16.3. The van der Waals surface area contributed by atoms with Crippen molar-refractivity contribution in [3.05, 3.63) is 63.1 Å². The molecule has 2 heterocycles. The van der Waals surface area contributed by atoms with Gasteiger partial charge in [0.05, 0.1) is 20.5 Å². The number of benzene rings is 2. The normalized spacial score (nSPS) is 15.5. The lowest BCUT2D eigenvalue weighted by atomic mass is 10.3. The van der Waals surface area contributed by atoms with Gasteiger partial charge in [0.2, 0.25) is 15.9 Å². The van der Waals surface area contributed by atoms with Crippen LogP contribution in [0.1, 0.15) is 6.42 Å². The zero-order valence-corrected chi connectivity index (χ0v) is 18.7. The van der Waals surface area contributed by atoms with Crippen LogP contribution in [0.2, 0.25) is 10.0 Å². The van der Waals surface area contributed by atoms with Crippen LogP contribution in [0.3, 0.4) is 0 Å². The molecule has 164 valence electrons. The number of oxazole rings is 1. The number of piperazine rings is 1.